The Morgan fingerprint density at radius 3 is 2.46 bits per heavy atom. The zero-order chi connectivity index (χ0) is 16.7. The number of hydrogen-bond acceptors (Lipinski definition) is 4. The molecular weight excluding hydrogens is 328 g/mol. The second kappa shape index (κ2) is 6.09. The van der Waals surface area contributed by atoms with Gasteiger partial charge in [-0.3, -0.25) is 4.79 Å². The van der Waals surface area contributed by atoms with E-state index in [-0.39, 0.29) is 24.0 Å². The zero-order valence-electron chi connectivity index (χ0n) is 13.4. The lowest BCUT2D eigenvalue weighted by Gasteiger charge is -2.38. The molecule has 3 heterocycles. The summed E-state index contributed by atoms with van der Waals surface area (Å²) in [6.07, 6.45) is 7.24. The highest BCUT2D eigenvalue weighted by Gasteiger charge is 2.44. The van der Waals surface area contributed by atoms with Gasteiger partial charge in [0.15, 0.2) is 0 Å². The maximum atomic E-state index is 13.1. The van der Waals surface area contributed by atoms with Gasteiger partial charge in [-0.05, 0) is 43.9 Å². The van der Waals surface area contributed by atoms with Gasteiger partial charge in [0.2, 0.25) is 0 Å². The van der Waals surface area contributed by atoms with Crippen LogP contribution in [0, 0.1) is 0 Å². The van der Waals surface area contributed by atoms with E-state index in [4.69, 9.17) is 16.3 Å². The summed E-state index contributed by atoms with van der Waals surface area (Å²) in [4.78, 5) is 16.9. The fraction of sp³-hybridized carbons (Fsp3) is 0.471. The van der Waals surface area contributed by atoms with Crippen LogP contribution in [-0.4, -0.2) is 45.0 Å². The van der Waals surface area contributed by atoms with Crippen LogP contribution in [0.25, 0.3) is 0 Å². The molecule has 2 aliphatic rings. The number of rotatable bonds is 3. The van der Waals surface area contributed by atoms with Crippen LogP contribution in [0.15, 0.2) is 30.6 Å². The molecule has 0 spiro atoms. The molecule has 1 amide bonds. The lowest BCUT2D eigenvalue weighted by Crippen LogP contribution is -2.47. The van der Waals surface area contributed by atoms with Crippen molar-refractivity contribution < 1.29 is 9.53 Å². The molecule has 0 saturated carbocycles. The molecule has 0 radical (unpaired) electrons. The molecular formula is C17H19ClN4O2. The fourth-order valence-electron chi connectivity index (χ4n) is 4.07. The summed E-state index contributed by atoms with van der Waals surface area (Å²) >= 11 is 6.09. The van der Waals surface area contributed by atoms with Crippen molar-refractivity contribution in [2.24, 2.45) is 0 Å². The Morgan fingerprint density at radius 2 is 1.83 bits per heavy atom. The average molecular weight is 347 g/mol. The summed E-state index contributed by atoms with van der Waals surface area (Å²) in [6, 6.07) is 5.89. The third-order valence-corrected chi connectivity index (χ3v) is 5.33. The van der Waals surface area contributed by atoms with Crippen LogP contribution >= 0.6 is 11.6 Å². The van der Waals surface area contributed by atoms with Crippen molar-refractivity contribution in [3.05, 3.63) is 41.2 Å². The molecule has 1 aromatic heterocycles. The zero-order valence-corrected chi connectivity index (χ0v) is 14.2. The van der Waals surface area contributed by atoms with Crippen LogP contribution in [0.4, 0.5) is 0 Å². The molecule has 7 heteroatoms. The molecule has 2 bridgehead atoms. The van der Waals surface area contributed by atoms with E-state index in [1.54, 1.807) is 42.5 Å². The second-order valence-electron chi connectivity index (χ2n) is 6.42. The van der Waals surface area contributed by atoms with E-state index >= 15 is 0 Å². The Kier molecular flexibility index (Phi) is 3.92. The molecule has 4 rings (SSSR count). The van der Waals surface area contributed by atoms with Gasteiger partial charge in [0.25, 0.3) is 5.91 Å². The van der Waals surface area contributed by atoms with Gasteiger partial charge in [0.05, 0.1) is 31.1 Å². The van der Waals surface area contributed by atoms with Crippen molar-refractivity contribution in [2.75, 3.05) is 7.11 Å². The Hall–Kier alpha value is -2.08. The smallest absolute Gasteiger partial charge is 0.258 e. The Morgan fingerprint density at radius 1 is 1.17 bits per heavy atom. The quantitative estimate of drug-likeness (QED) is 0.857. The Labute approximate surface area is 145 Å². The summed E-state index contributed by atoms with van der Waals surface area (Å²) in [5, 5.41) is 9.08. The molecule has 2 fully saturated rings. The van der Waals surface area contributed by atoms with E-state index in [2.05, 4.69) is 10.2 Å². The number of ether oxygens (including phenoxy) is 1. The van der Waals surface area contributed by atoms with Gasteiger partial charge in [-0.15, -0.1) is 0 Å². The van der Waals surface area contributed by atoms with Crippen molar-refractivity contribution in [1.29, 1.82) is 0 Å². The lowest BCUT2D eigenvalue weighted by molar-refractivity contribution is 0.0509. The van der Waals surface area contributed by atoms with E-state index in [0.29, 0.717) is 16.3 Å². The average Bonchev–Trinajstić information content (AvgIpc) is 3.21. The number of fused-ring (bicyclic) bond motifs is 2. The number of amides is 1. The van der Waals surface area contributed by atoms with E-state index in [1.807, 2.05) is 4.90 Å². The maximum absolute atomic E-state index is 13.1. The first-order valence-electron chi connectivity index (χ1n) is 8.19. The summed E-state index contributed by atoms with van der Waals surface area (Å²) in [6.45, 7) is 0. The minimum Gasteiger partial charge on any atom is -0.496 e. The van der Waals surface area contributed by atoms with Crippen molar-refractivity contribution in [1.82, 2.24) is 19.9 Å². The largest absolute Gasteiger partial charge is 0.496 e. The maximum Gasteiger partial charge on any atom is 0.258 e. The van der Waals surface area contributed by atoms with Gasteiger partial charge in [-0.2, -0.15) is 15.0 Å². The topological polar surface area (TPSA) is 60.2 Å². The second-order valence-corrected chi connectivity index (χ2v) is 6.85. The first kappa shape index (κ1) is 15.4. The van der Waals surface area contributed by atoms with Gasteiger partial charge in [0.1, 0.15) is 5.75 Å². The molecule has 2 unspecified atom stereocenters. The van der Waals surface area contributed by atoms with Crippen molar-refractivity contribution in [2.45, 2.75) is 43.8 Å². The molecule has 2 saturated heterocycles. The normalized spacial score (nSPS) is 25.8. The minimum absolute atomic E-state index is 0.00808. The molecule has 6 nitrogen and oxygen atoms in total. The van der Waals surface area contributed by atoms with Crippen LogP contribution in [0.5, 0.6) is 5.75 Å². The number of benzene rings is 1. The highest BCUT2D eigenvalue weighted by molar-refractivity contribution is 6.31. The predicted molar refractivity (Wildman–Crippen MR) is 89.3 cm³/mol. The van der Waals surface area contributed by atoms with Crippen molar-refractivity contribution >= 4 is 17.5 Å². The van der Waals surface area contributed by atoms with E-state index in [9.17, 15) is 4.79 Å². The third kappa shape index (κ3) is 2.55. The van der Waals surface area contributed by atoms with E-state index < -0.39 is 0 Å². The standard InChI is InChI=1S/C17H19ClN4O2/c1-24-16-5-2-11(18)8-15(16)17(23)21-12-3-4-13(21)10-14(9-12)22-19-6-7-20-22/h2,5-8,12-14H,3-4,9-10H2,1H3. The van der Waals surface area contributed by atoms with Crippen LogP contribution in [-0.2, 0) is 0 Å². The van der Waals surface area contributed by atoms with Crippen LogP contribution in [0.1, 0.15) is 42.1 Å². The highest BCUT2D eigenvalue weighted by Crippen LogP contribution is 2.41. The molecule has 126 valence electrons. The molecule has 24 heavy (non-hydrogen) atoms. The molecule has 1 aromatic carbocycles. The first-order chi connectivity index (χ1) is 11.7. The number of carbonyl (C=O) groups excluding carboxylic acids is 1. The van der Waals surface area contributed by atoms with Crippen molar-refractivity contribution in [3.8, 4) is 5.75 Å². The number of aromatic nitrogens is 3. The molecule has 2 aliphatic heterocycles. The summed E-state index contributed by atoms with van der Waals surface area (Å²) < 4.78 is 5.35. The highest BCUT2D eigenvalue weighted by atomic mass is 35.5. The summed E-state index contributed by atoms with van der Waals surface area (Å²) in [5.74, 6) is 0.577. The number of hydrogen-bond donors (Lipinski definition) is 0. The summed E-state index contributed by atoms with van der Waals surface area (Å²) in [7, 11) is 1.57. The fourth-order valence-corrected chi connectivity index (χ4v) is 4.24. The Bertz CT molecular complexity index is 735. The van der Waals surface area contributed by atoms with Crippen LogP contribution in [0.2, 0.25) is 5.02 Å². The Balaban J connectivity index is 1.60. The summed E-state index contributed by atoms with van der Waals surface area (Å²) in [5.41, 5.74) is 0.539. The lowest BCUT2D eigenvalue weighted by atomic mass is 9.96. The van der Waals surface area contributed by atoms with E-state index in [1.165, 1.54) is 0 Å². The first-order valence-corrected chi connectivity index (χ1v) is 8.57. The van der Waals surface area contributed by atoms with Crippen LogP contribution < -0.4 is 4.74 Å². The third-order valence-electron chi connectivity index (χ3n) is 5.10. The monoisotopic (exact) mass is 346 g/mol. The number of methoxy groups -OCH3 is 1. The minimum atomic E-state index is 0.00808. The predicted octanol–water partition coefficient (Wildman–Crippen LogP) is 2.95. The molecule has 2 aromatic rings. The number of halogens is 1. The molecule has 2 atom stereocenters. The SMILES string of the molecule is COc1ccc(Cl)cc1C(=O)N1C2CCC1CC(n1nccn1)C2. The number of nitrogens with zero attached hydrogens (tertiary/aromatic N) is 4. The number of carbonyl (C=O) groups is 1. The van der Waals surface area contributed by atoms with Gasteiger partial charge in [-0.1, -0.05) is 11.6 Å². The van der Waals surface area contributed by atoms with Gasteiger partial charge >= 0.3 is 0 Å². The molecule has 0 N–H and O–H groups in total. The van der Waals surface area contributed by atoms with E-state index in [0.717, 1.165) is 25.7 Å². The van der Waals surface area contributed by atoms with Gasteiger partial charge < -0.3 is 9.64 Å². The van der Waals surface area contributed by atoms with Crippen LogP contribution in [0.3, 0.4) is 0 Å². The van der Waals surface area contributed by atoms with Crippen molar-refractivity contribution in [3.63, 3.8) is 0 Å². The number of piperidine rings is 1. The molecule has 0 aliphatic carbocycles. The van der Waals surface area contributed by atoms with Gasteiger partial charge in [0, 0.05) is 17.1 Å². The van der Waals surface area contributed by atoms with Gasteiger partial charge in [-0.25, -0.2) is 0 Å².